The molecule has 0 amide bonds. The molecule has 136 valence electrons. The maximum atomic E-state index is 12.4. The van der Waals surface area contributed by atoms with Gasteiger partial charge in [-0.3, -0.25) is 4.98 Å². The van der Waals surface area contributed by atoms with Crippen LogP contribution in [0.1, 0.15) is 51.4 Å². The second-order valence-corrected chi connectivity index (χ2v) is 9.28. The first-order valence-electron chi connectivity index (χ1n) is 8.24. The molecular weight excluding hydrogens is 356 g/mol. The van der Waals surface area contributed by atoms with Gasteiger partial charge in [-0.05, 0) is 57.9 Å². The summed E-state index contributed by atoms with van der Waals surface area (Å²) in [5, 5.41) is 3.68. The van der Waals surface area contributed by atoms with Crippen LogP contribution in [0.15, 0.2) is 30.6 Å². The maximum absolute atomic E-state index is 12.4. The van der Waals surface area contributed by atoms with Crippen molar-refractivity contribution in [2.75, 3.05) is 5.32 Å². The lowest BCUT2D eigenvalue weighted by atomic mass is 10.1. The van der Waals surface area contributed by atoms with Crippen LogP contribution in [-0.4, -0.2) is 18.9 Å². The highest BCUT2D eigenvalue weighted by Crippen LogP contribution is 2.28. The summed E-state index contributed by atoms with van der Waals surface area (Å²) in [6.45, 7) is 9.79. The quantitative estimate of drug-likeness (QED) is 0.763. The van der Waals surface area contributed by atoms with Gasteiger partial charge in [0.05, 0.1) is 32.6 Å². The molecule has 2 N–H and O–H groups in total. The van der Waals surface area contributed by atoms with Crippen LogP contribution >= 0.6 is 11.6 Å². The number of halogens is 1. The third-order valence-corrected chi connectivity index (χ3v) is 5.55. The van der Waals surface area contributed by atoms with E-state index < -0.39 is 11.0 Å². The highest BCUT2D eigenvalue weighted by molar-refractivity contribution is 7.84. The Balaban J connectivity index is 2.16. The maximum Gasteiger partial charge on any atom is 0.149 e. The molecule has 2 atom stereocenters. The van der Waals surface area contributed by atoms with Crippen LogP contribution in [-0.2, 0) is 11.0 Å². The van der Waals surface area contributed by atoms with Gasteiger partial charge in [0, 0.05) is 17.9 Å². The highest BCUT2D eigenvalue weighted by Gasteiger charge is 2.23. The average Bonchev–Trinajstić information content (AvgIpc) is 2.55. The Morgan fingerprint density at radius 2 is 1.96 bits per heavy atom. The molecule has 5 nitrogen and oxygen atoms in total. The van der Waals surface area contributed by atoms with E-state index in [1.165, 1.54) is 0 Å². The molecule has 2 aromatic heterocycles. The summed E-state index contributed by atoms with van der Waals surface area (Å²) in [5.41, 5.74) is 2.69. The van der Waals surface area contributed by atoms with Crippen molar-refractivity contribution in [3.63, 3.8) is 0 Å². The Morgan fingerprint density at radius 3 is 2.48 bits per heavy atom. The summed E-state index contributed by atoms with van der Waals surface area (Å²) in [6.07, 6.45) is 4.29. The summed E-state index contributed by atoms with van der Waals surface area (Å²) in [6, 6.07) is 5.64. The molecule has 0 aromatic carbocycles. The molecule has 0 spiro atoms. The topological polar surface area (TPSA) is 66.9 Å². The number of anilines is 2. The van der Waals surface area contributed by atoms with Crippen molar-refractivity contribution in [3.8, 4) is 0 Å². The first kappa shape index (κ1) is 19.8. The summed E-state index contributed by atoms with van der Waals surface area (Å²) in [7, 11) is -1.16. The van der Waals surface area contributed by atoms with Gasteiger partial charge in [-0.1, -0.05) is 18.5 Å². The first-order valence-corrected chi connectivity index (χ1v) is 9.76. The van der Waals surface area contributed by atoms with Crippen LogP contribution in [0.4, 0.5) is 11.5 Å². The van der Waals surface area contributed by atoms with Crippen molar-refractivity contribution >= 4 is 34.1 Å². The van der Waals surface area contributed by atoms with Crippen molar-refractivity contribution in [3.05, 3.63) is 46.9 Å². The van der Waals surface area contributed by atoms with Gasteiger partial charge in [0.2, 0.25) is 0 Å². The molecule has 2 aromatic rings. The van der Waals surface area contributed by atoms with Crippen molar-refractivity contribution in [1.29, 1.82) is 0 Å². The lowest BCUT2D eigenvalue weighted by molar-refractivity contribution is 0.588. The number of nitrogens with one attached hydrogen (secondary N) is 2. The van der Waals surface area contributed by atoms with Gasteiger partial charge in [0.1, 0.15) is 5.82 Å². The van der Waals surface area contributed by atoms with Crippen molar-refractivity contribution < 1.29 is 4.21 Å². The Hall–Kier alpha value is -1.50. The minimum Gasteiger partial charge on any atom is -0.338 e. The predicted molar refractivity (Wildman–Crippen MR) is 106 cm³/mol. The van der Waals surface area contributed by atoms with Crippen LogP contribution in [0.5, 0.6) is 0 Å². The standard InChI is InChI=1S/C18H25ClN4OS/c1-6-16(23-25(24)18(3,4)5)13-9-15(19)17(21-10-13)22-14-8-7-12(2)20-11-14/h7-11,16,23H,6H2,1-5H3,(H,21,22)/t16-,25-/m1/s1. The minimum atomic E-state index is -1.16. The van der Waals surface area contributed by atoms with Crippen LogP contribution < -0.4 is 10.0 Å². The van der Waals surface area contributed by atoms with Crippen LogP contribution in [0.3, 0.4) is 0 Å². The van der Waals surface area contributed by atoms with Gasteiger partial charge in [-0.2, -0.15) is 0 Å². The largest absolute Gasteiger partial charge is 0.338 e. The number of aryl methyl sites for hydroxylation is 1. The SMILES string of the molecule is CC[C@@H](N[S@](=O)C(C)(C)C)c1cnc(Nc2ccc(C)nc2)c(Cl)c1. The molecule has 0 aliphatic carbocycles. The number of pyridine rings is 2. The van der Waals surface area contributed by atoms with Crippen molar-refractivity contribution in [2.24, 2.45) is 0 Å². The van der Waals surface area contributed by atoms with Gasteiger partial charge in [-0.15, -0.1) is 0 Å². The van der Waals surface area contributed by atoms with Crippen LogP contribution in [0.25, 0.3) is 0 Å². The molecule has 25 heavy (non-hydrogen) atoms. The molecule has 2 heterocycles. The van der Waals surface area contributed by atoms with Crippen molar-refractivity contribution in [1.82, 2.24) is 14.7 Å². The molecule has 2 rings (SSSR count). The zero-order chi connectivity index (χ0) is 18.6. The Bertz CT molecular complexity index is 744. The second kappa shape index (κ2) is 8.25. The van der Waals surface area contributed by atoms with E-state index in [0.29, 0.717) is 10.8 Å². The van der Waals surface area contributed by atoms with Gasteiger partial charge < -0.3 is 5.32 Å². The van der Waals surface area contributed by atoms with E-state index in [1.54, 1.807) is 12.4 Å². The van der Waals surface area contributed by atoms with Gasteiger partial charge in [-0.25, -0.2) is 13.9 Å². The van der Waals surface area contributed by atoms with E-state index >= 15 is 0 Å². The molecule has 0 aliphatic rings. The average molecular weight is 381 g/mol. The Labute approximate surface area is 157 Å². The first-order chi connectivity index (χ1) is 11.7. The van der Waals surface area contributed by atoms with Crippen LogP contribution in [0, 0.1) is 6.92 Å². The van der Waals surface area contributed by atoms with Crippen LogP contribution in [0.2, 0.25) is 5.02 Å². The van der Waals surface area contributed by atoms with E-state index in [0.717, 1.165) is 23.4 Å². The Morgan fingerprint density at radius 1 is 1.24 bits per heavy atom. The van der Waals surface area contributed by atoms with E-state index in [-0.39, 0.29) is 10.8 Å². The fourth-order valence-electron chi connectivity index (χ4n) is 2.11. The molecule has 0 bridgehead atoms. The lowest BCUT2D eigenvalue weighted by Crippen LogP contribution is -2.35. The summed E-state index contributed by atoms with van der Waals surface area (Å²) in [5.74, 6) is 0.572. The molecule has 0 unspecified atom stereocenters. The third kappa shape index (κ3) is 5.49. The molecule has 0 saturated carbocycles. The number of aromatic nitrogens is 2. The smallest absolute Gasteiger partial charge is 0.149 e. The van der Waals surface area contributed by atoms with E-state index in [2.05, 4.69) is 20.0 Å². The predicted octanol–water partition coefficient (Wildman–Crippen LogP) is 4.68. The van der Waals surface area contributed by atoms with E-state index in [1.807, 2.05) is 52.8 Å². The number of hydrogen-bond donors (Lipinski definition) is 2. The second-order valence-electron chi connectivity index (χ2n) is 6.87. The summed E-state index contributed by atoms with van der Waals surface area (Å²) >= 11 is 6.39. The zero-order valence-electron chi connectivity index (χ0n) is 15.3. The normalized spacial score (nSPS) is 14.2. The minimum absolute atomic E-state index is 0.0693. The van der Waals surface area contributed by atoms with E-state index in [9.17, 15) is 4.21 Å². The highest BCUT2D eigenvalue weighted by atomic mass is 35.5. The molecule has 0 aliphatic heterocycles. The molecule has 0 radical (unpaired) electrons. The zero-order valence-corrected chi connectivity index (χ0v) is 16.8. The Kier molecular flexibility index (Phi) is 6.54. The molecule has 7 heteroatoms. The lowest BCUT2D eigenvalue weighted by Gasteiger charge is -2.24. The van der Waals surface area contributed by atoms with Gasteiger partial charge in [0.15, 0.2) is 0 Å². The molecule has 0 saturated heterocycles. The number of rotatable bonds is 6. The third-order valence-electron chi connectivity index (χ3n) is 3.65. The van der Waals surface area contributed by atoms with Gasteiger partial charge >= 0.3 is 0 Å². The fraction of sp³-hybridized carbons (Fsp3) is 0.444. The summed E-state index contributed by atoms with van der Waals surface area (Å²) < 4.78 is 15.2. The van der Waals surface area contributed by atoms with E-state index in [4.69, 9.17) is 11.6 Å². The number of nitrogens with zero attached hydrogens (tertiary/aromatic N) is 2. The monoisotopic (exact) mass is 380 g/mol. The molecule has 0 fully saturated rings. The van der Waals surface area contributed by atoms with Gasteiger partial charge in [0.25, 0.3) is 0 Å². The fourth-order valence-corrected chi connectivity index (χ4v) is 3.24. The summed E-state index contributed by atoms with van der Waals surface area (Å²) in [4.78, 5) is 8.67. The van der Waals surface area contributed by atoms with Crippen molar-refractivity contribution in [2.45, 2.75) is 51.8 Å². The number of hydrogen-bond acceptors (Lipinski definition) is 4. The molecular formula is C18H25ClN4OS.